The van der Waals surface area contributed by atoms with Gasteiger partial charge in [0.05, 0.1) is 20.1 Å². The molecule has 0 fully saturated rings. The highest BCUT2D eigenvalue weighted by molar-refractivity contribution is 6.22. The number of imide groups is 1. The van der Waals surface area contributed by atoms with E-state index in [4.69, 9.17) is 10.5 Å². The van der Waals surface area contributed by atoms with Crippen LogP contribution >= 0.6 is 0 Å². The molecule has 2 aromatic carbocycles. The molecule has 1 unspecified atom stereocenters. The van der Waals surface area contributed by atoms with E-state index in [0.29, 0.717) is 0 Å². The Morgan fingerprint density at radius 3 is 2.46 bits per heavy atom. The van der Waals surface area contributed by atoms with Crippen molar-refractivity contribution in [2.75, 3.05) is 7.11 Å². The SMILES string of the molecule is COC(=O)C1(CC(N)=O)C(=O)N(Cc2cccc(C)c2)C(=O)c2ccccc21. The second-order valence-corrected chi connectivity index (χ2v) is 6.77. The van der Waals surface area contributed by atoms with Crippen molar-refractivity contribution in [3.8, 4) is 0 Å². The number of benzene rings is 2. The first-order chi connectivity index (χ1) is 13.3. The van der Waals surface area contributed by atoms with E-state index in [2.05, 4.69) is 0 Å². The van der Waals surface area contributed by atoms with Gasteiger partial charge in [0, 0.05) is 5.56 Å². The number of carbonyl (C=O) groups excluding carboxylic acids is 4. The van der Waals surface area contributed by atoms with Gasteiger partial charge in [-0.25, -0.2) is 0 Å². The van der Waals surface area contributed by atoms with Gasteiger partial charge in [0.15, 0.2) is 5.41 Å². The first-order valence-electron chi connectivity index (χ1n) is 8.69. The lowest BCUT2D eigenvalue weighted by molar-refractivity contribution is -0.158. The first-order valence-corrected chi connectivity index (χ1v) is 8.69. The predicted molar refractivity (Wildman–Crippen MR) is 100 cm³/mol. The summed E-state index contributed by atoms with van der Waals surface area (Å²) >= 11 is 0. The number of methoxy groups -OCH3 is 1. The van der Waals surface area contributed by atoms with Crippen LogP contribution in [0.5, 0.6) is 0 Å². The molecule has 3 amide bonds. The van der Waals surface area contributed by atoms with Gasteiger partial charge in [-0.3, -0.25) is 24.1 Å². The number of esters is 1. The van der Waals surface area contributed by atoms with E-state index in [9.17, 15) is 19.2 Å². The Morgan fingerprint density at radius 2 is 1.82 bits per heavy atom. The van der Waals surface area contributed by atoms with Gasteiger partial charge in [-0.1, -0.05) is 48.0 Å². The van der Waals surface area contributed by atoms with Crippen molar-refractivity contribution >= 4 is 23.7 Å². The summed E-state index contributed by atoms with van der Waals surface area (Å²) in [6, 6.07) is 13.6. The smallest absolute Gasteiger partial charge is 0.326 e. The monoisotopic (exact) mass is 380 g/mol. The molecule has 1 heterocycles. The Labute approximate surface area is 162 Å². The van der Waals surface area contributed by atoms with Gasteiger partial charge in [-0.15, -0.1) is 0 Å². The third-order valence-corrected chi connectivity index (χ3v) is 4.87. The van der Waals surface area contributed by atoms with Crippen molar-refractivity contribution < 1.29 is 23.9 Å². The number of carbonyl (C=O) groups is 4. The summed E-state index contributed by atoms with van der Waals surface area (Å²) in [5, 5.41) is 0. The quantitative estimate of drug-likeness (QED) is 0.480. The van der Waals surface area contributed by atoms with Crippen LogP contribution in [0, 0.1) is 6.92 Å². The molecule has 1 aliphatic rings. The second-order valence-electron chi connectivity index (χ2n) is 6.77. The molecular weight excluding hydrogens is 360 g/mol. The molecule has 1 aliphatic heterocycles. The van der Waals surface area contributed by atoms with E-state index in [0.717, 1.165) is 23.1 Å². The number of hydrogen-bond acceptors (Lipinski definition) is 5. The number of nitrogens with zero attached hydrogens (tertiary/aromatic N) is 1. The van der Waals surface area contributed by atoms with Gasteiger partial charge >= 0.3 is 5.97 Å². The van der Waals surface area contributed by atoms with Crippen LogP contribution in [0.1, 0.15) is 33.5 Å². The third kappa shape index (κ3) is 3.05. The van der Waals surface area contributed by atoms with Gasteiger partial charge in [0.25, 0.3) is 11.8 Å². The average molecular weight is 380 g/mol. The maximum Gasteiger partial charge on any atom is 0.326 e. The highest BCUT2D eigenvalue weighted by Crippen LogP contribution is 2.39. The number of hydrogen-bond donors (Lipinski definition) is 1. The molecule has 0 aliphatic carbocycles. The summed E-state index contributed by atoms with van der Waals surface area (Å²) in [5.74, 6) is -3.13. The zero-order chi connectivity index (χ0) is 20.5. The Bertz CT molecular complexity index is 984. The predicted octanol–water partition coefficient (Wildman–Crippen LogP) is 1.46. The van der Waals surface area contributed by atoms with E-state index in [1.54, 1.807) is 18.2 Å². The Kier molecular flexibility index (Phi) is 5.00. The second kappa shape index (κ2) is 7.26. The van der Waals surface area contributed by atoms with Crippen LogP contribution in [0.3, 0.4) is 0 Å². The molecule has 0 radical (unpaired) electrons. The third-order valence-electron chi connectivity index (χ3n) is 4.87. The minimum absolute atomic E-state index is 0.0365. The van der Waals surface area contributed by atoms with Gasteiger partial charge < -0.3 is 10.5 Å². The summed E-state index contributed by atoms with van der Waals surface area (Å²) in [6.07, 6.45) is -0.590. The molecule has 0 saturated carbocycles. The zero-order valence-corrected chi connectivity index (χ0v) is 15.6. The average Bonchev–Trinajstić information content (AvgIpc) is 2.67. The molecule has 3 rings (SSSR count). The van der Waals surface area contributed by atoms with Crippen molar-refractivity contribution in [2.45, 2.75) is 25.3 Å². The topological polar surface area (TPSA) is 107 Å². The highest BCUT2D eigenvalue weighted by atomic mass is 16.5. The van der Waals surface area contributed by atoms with E-state index < -0.39 is 35.5 Å². The Morgan fingerprint density at radius 1 is 1.11 bits per heavy atom. The lowest BCUT2D eigenvalue weighted by atomic mass is 9.71. The molecule has 1 atom stereocenters. The molecule has 7 nitrogen and oxygen atoms in total. The molecule has 7 heteroatoms. The maximum atomic E-state index is 13.4. The van der Waals surface area contributed by atoms with Crippen molar-refractivity contribution in [3.63, 3.8) is 0 Å². The van der Waals surface area contributed by atoms with Crippen LogP contribution in [-0.4, -0.2) is 35.7 Å². The summed E-state index contributed by atoms with van der Waals surface area (Å²) < 4.78 is 4.87. The number of fused-ring (bicyclic) bond motifs is 1. The van der Waals surface area contributed by atoms with Crippen LogP contribution in [0.25, 0.3) is 0 Å². The lowest BCUT2D eigenvalue weighted by Gasteiger charge is -2.39. The largest absolute Gasteiger partial charge is 0.468 e. The van der Waals surface area contributed by atoms with Gasteiger partial charge in [-0.05, 0) is 24.1 Å². The van der Waals surface area contributed by atoms with Crippen molar-refractivity contribution in [3.05, 3.63) is 70.8 Å². The zero-order valence-electron chi connectivity index (χ0n) is 15.6. The fourth-order valence-electron chi connectivity index (χ4n) is 3.64. The molecule has 0 bridgehead atoms. The maximum absolute atomic E-state index is 13.4. The van der Waals surface area contributed by atoms with Crippen molar-refractivity contribution in [1.82, 2.24) is 4.90 Å². The van der Waals surface area contributed by atoms with Crippen LogP contribution in [-0.2, 0) is 31.1 Å². The Balaban J connectivity index is 2.19. The van der Waals surface area contributed by atoms with Crippen LogP contribution in [0.4, 0.5) is 0 Å². The van der Waals surface area contributed by atoms with Crippen LogP contribution in [0.15, 0.2) is 48.5 Å². The molecule has 2 N–H and O–H groups in total. The number of aryl methyl sites for hydroxylation is 1. The normalized spacial score (nSPS) is 18.6. The van der Waals surface area contributed by atoms with E-state index in [1.807, 2.05) is 25.1 Å². The molecule has 144 valence electrons. The van der Waals surface area contributed by atoms with Gasteiger partial charge in [0.1, 0.15) is 0 Å². The van der Waals surface area contributed by atoms with Crippen LogP contribution in [0.2, 0.25) is 0 Å². The lowest BCUT2D eigenvalue weighted by Crippen LogP contribution is -2.59. The number of ether oxygens (including phenoxy) is 1. The van der Waals surface area contributed by atoms with Crippen molar-refractivity contribution in [2.24, 2.45) is 5.73 Å². The molecule has 0 saturated heterocycles. The minimum atomic E-state index is -1.99. The summed E-state index contributed by atoms with van der Waals surface area (Å²) in [7, 11) is 1.13. The molecule has 0 spiro atoms. The minimum Gasteiger partial charge on any atom is -0.468 e. The molecule has 0 aromatic heterocycles. The number of nitrogens with two attached hydrogens (primary N) is 1. The van der Waals surface area contributed by atoms with Crippen LogP contribution < -0.4 is 5.73 Å². The summed E-state index contributed by atoms with van der Waals surface area (Å²) in [4.78, 5) is 52.0. The number of primary amides is 1. The molecule has 28 heavy (non-hydrogen) atoms. The number of rotatable bonds is 5. The van der Waals surface area contributed by atoms with E-state index in [-0.39, 0.29) is 17.7 Å². The highest BCUT2D eigenvalue weighted by Gasteiger charge is 2.57. The molecular formula is C21H20N2O5. The standard InChI is InChI=1S/C21H20N2O5/c1-13-6-5-7-14(10-13)12-23-18(25)15-8-3-4-9-16(15)21(19(23)26,11-17(22)24)20(27)28-2/h3-10H,11-12H2,1-2H3,(H2,22,24). The summed E-state index contributed by atoms with van der Waals surface area (Å²) in [5.41, 5.74) is 5.37. The van der Waals surface area contributed by atoms with Gasteiger partial charge in [0.2, 0.25) is 5.91 Å². The van der Waals surface area contributed by atoms with E-state index in [1.165, 1.54) is 12.1 Å². The van der Waals surface area contributed by atoms with Crippen molar-refractivity contribution in [1.29, 1.82) is 0 Å². The fraction of sp³-hybridized carbons (Fsp3) is 0.238. The van der Waals surface area contributed by atoms with Gasteiger partial charge in [-0.2, -0.15) is 0 Å². The summed E-state index contributed by atoms with van der Waals surface area (Å²) in [6.45, 7) is 1.86. The Hall–Kier alpha value is -3.48. The molecule has 2 aromatic rings. The number of amides is 3. The van der Waals surface area contributed by atoms with E-state index >= 15 is 0 Å². The first kappa shape index (κ1) is 19.3. The fourth-order valence-corrected chi connectivity index (χ4v) is 3.64.